The summed E-state index contributed by atoms with van der Waals surface area (Å²) >= 11 is 0. The lowest BCUT2D eigenvalue weighted by molar-refractivity contribution is 0.280. The number of hydrogen-bond acceptors (Lipinski definition) is 1. The maximum Gasteiger partial charge on any atom is 0.0435 e. The summed E-state index contributed by atoms with van der Waals surface area (Å²) < 4.78 is 0. The molecule has 1 fully saturated rings. The maximum absolute atomic E-state index is 4.47. The lowest BCUT2D eigenvalue weighted by Gasteiger charge is -2.30. The maximum atomic E-state index is 4.47. The van der Waals surface area contributed by atoms with Crippen molar-refractivity contribution >= 4 is 0 Å². The van der Waals surface area contributed by atoms with Crippen molar-refractivity contribution in [1.82, 2.24) is 4.98 Å². The highest BCUT2D eigenvalue weighted by atomic mass is 14.7. The van der Waals surface area contributed by atoms with Gasteiger partial charge in [-0.2, -0.15) is 0 Å². The monoisotopic (exact) mass is 173 g/mol. The molecule has 1 aromatic heterocycles. The number of pyridine rings is 1. The summed E-state index contributed by atoms with van der Waals surface area (Å²) in [5.41, 5.74) is 4.58. The van der Waals surface area contributed by atoms with Gasteiger partial charge in [-0.3, -0.25) is 4.98 Å². The van der Waals surface area contributed by atoms with E-state index in [-0.39, 0.29) is 0 Å². The normalized spacial score (nSPS) is 29.3. The standard InChI is InChI=1S/C12H15N/c1-2-12-11-7-8-3-4-9(8)10(11)5-6-13-12/h5-6,8-9H,2-4,7H2,1H3. The highest BCUT2D eigenvalue weighted by Crippen LogP contribution is 2.51. The summed E-state index contributed by atoms with van der Waals surface area (Å²) in [7, 11) is 0. The van der Waals surface area contributed by atoms with Gasteiger partial charge in [0.15, 0.2) is 0 Å². The Balaban J connectivity index is 2.11. The fourth-order valence-electron chi connectivity index (χ4n) is 2.93. The second kappa shape index (κ2) is 2.57. The SMILES string of the molecule is CCc1nccc2c1CC1CCC21. The third kappa shape index (κ3) is 0.903. The van der Waals surface area contributed by atoms with Crippen molar-refractivity contribution in [3.05, 3.63) is 29.1 Å². The Morgan fingerprint density at radius 1 is 1.46 bits per heavy atom. The number of rotatable bonds is 1. The Morgan fingerprint density at radius 2 is 2.38 bits per heavy atom. The lowest BCUT2D eigenvalue weighted by atomic mass is 9.74. The molecule has 2 unspecified atom stereocenters. The average Bonchev–Trinajstić information content (AvgIpc) is 2.37. The molecule has 0 aliphatic heterocycles. The first-order chi connectivity index (χ1) is 6.40. The van der Waals surface area contributed by atoms with Crippen LogP contribution in [0.5, 0.6) is 0 Å². The van der Waals surface area contributed by atoms with E-state index in [1.54, 1.807) is 11.1 Å². The Labute approximate surface area is 79.2 Å². The van der Waals surface area contributed by atoms with Gasteiger partial charge >= 0.3 is 0 Å². The second-order valence-electron chi connectivity index (χ2n) is 4.33. The van der Waals surface area contributed by atoms with Crippen LogP contribution in [0.15, 0.2) is 12.3 Å². The average molecular weight is 173 g/mol. The molecule has 1 heterocycles. The van der Waals surface area contributed by atoms with E-state index in [4.69, 9.17) is 0 Å². The fourth-order valence-corrected chi connectivity index (χ4v) is 2.93. The summed E-state index contributed by atoms with van der Waals surface area (Å²) in [6.07, 6.45) is 7.28. The topological polar surface area (TPSA) is 12.9 Å². The zero-order chi connectivity index (χ0) is 8.84. The molecule has 1 saturated carbocycles. The molecule has 0 spiro atoms. The molecule has 0 bridgehead atoms. The Hall–Kier alpha value is -0.850. The molecule has 0 saturated heterocycles. The summed E-state index contributed by atoms with van der Waals surface area (Å²) in [4.78, 5) is 4.47. The predicted molar refractivity (Wildman–Crippen MR) is 52.8 cm³/mol. The molecule has 2 aliphatic carbocycles. The van der Waals surface area contributed by atoms with Gasteiger partial charge in [0.25, 0.3) is 0 Å². The minimum atomic E-state index is 0.906. The number of nitrogens with zero attached hydrogens (tertiary/aromatic N) is 1. The van der Waals surface area contributed by atoms with Crippen LogP contribution in [0.3, 0.4) is 0 Å². The van der Waals surface area contributed by atoms with E-state index in [0.717, 1.165) is 18.3 Å². The summed E-state index contributed by atoms with van der Waals surface area (Å²) in [5, 5.41) is 0. The van der Waals surface area contributed by atoms with Crippen molar-refractivity contribution < 1.29 is 0 Å². The molecule has 2 aliphatic rings. The van der Waals surface area contributed by atoms with Crippen LogP contribution in [0.25, 0.3) is 0 Å². The summed E-state index contributed by atoms with van der Waals surface area (Å²) in [6.45, 7) is 2.21. The molecule has 2 atom stereocenters. The molecule has 0 aromatic carbocycles. The minimum absolute atomic E-state index is 0.906. The van der Waals surface area contributed by atoms with Crippen LogP contribution >= 0.6 is 0 Å². The number of aromatic nitrogens is 1. The molecule has 13 heavy (non-hydrogen) atoms. The van der Waals surface area contributed by atoms with Crippen molar-refractivity contribution in [2.75, 3.05) is 0 Å². The first-order valence-electron chi connectivity index (χ1n) is 5.36. The zero-order valence-corrected chi connectivity index (χ0v) is 8.09. The lowest BCUT2D eigenvalue weighted by Crippen LogP contribution is -2.18. The van der Waals surface area contributed by atoms with Crippen LogP contribution in [0.2, 0.25) is 0 Å². The van der Waals surface area contributed by atoms with Crippen molar-refractivity contribution in [1.29, 1.82) is 0 Å². The molecule has 1 nitrogen and oxygen atoms in total. The number of hydrogen-bond donors (Lipinski definition) is 0. The van der Waals surface area contributed by atoms with Crippen molar-refractivity contribution in [3.8, 4) is 0 Å². The van der Waals surface area contributed by atoms with E-state index in [2.05, 4.69) is 18.0 Å². The number of aryl methyl sites for hydroxylation is 1. The zero-order valence-electron chi connectivity index (χ0n) is 8.09. The predicted octanol–water partition coefficient (Wildman–Crippen LogP) is 2.69. The van der Waals surface area contributed by atoms with Crippen molar-refractivity contribution in [2.24, 2.45) is 5.92 Å². The molecule has 1 aromatic rings. The van der Waals surface area contributed by atoms with Crippen LogP contribution < -0.4 is 0 Å². The highest BCUT2D eigenvalue weighted by Gasteiger charge is 2.39. The molecule has 0 amide bonds. The first-order valence-corrected chi connectivity index (χ1v) is 5.36. The van der Waals surface area contributed by atoms with Crippen LogP contribution in [0, 0.1) is 5.92 Å². The van der Waals surface area contributed by atoms with Gasteiger partial charge in [0.05, 0.1) is 0 Å². The van der Waals surface area contributed by atoms with Gasteiger partial charge in [-0.25, -0.2) is 0 Å². The van der Waals surface area contributed by atoms with E-state index < -0.39 is 0 Å². The molecule has 0 radical (unpaired) electrons. The van der Waals surface area contributed by atoms with E-state index in [9.17, 15) is 0 Å². The van der Waals surface area contributed by atoms with Crippen LogP contribution in [-0.4, -0.2) is 4.98 Å². The Morgan fingerprint density at radius 3 is 3.08 bits per heavy atom. The van der Waals surface area contributed by atoms with E-state index in [1.807, 2.05) is 6.20 Å². The summed E-state index contributed by atoms with van der Waals surface area (Å²) in [5.74, 6) is 1.88. The molecular formula is C12H15N. The van der Waals surface area contributed by atoms with E-state index >= 15 is 0 Å². The Kier molecular flexibility index (Phi) is 1.49. The molecule has 0 N–H and O–H groups in total. The first kappa shape index (κ1) is 7.54. The van der Waals surface area contributed by atoms with Gasteiger partial charge in [0, 0.05) is 11.9 Å². The quantitative estimate of drug-likeness (QED) is 0.636. The molecular weight excluding hydrogens is 158 g/mol. The summed E-state index contributed by atoms with van der Waals surface area (Å²) in [6, 6.07) is 2.25. The third-order valence-electron chi connectivity index (χ3n) is 3.80. The fraction of sp³-hybridized carbons (Fsp3) is 0.583. The highest BCUT2D eigenvalue weighted by molar-refractivity contribution is 5.40. The van der Waals surface area contributed by atoms with Gasteiger partial charge in [-0.1, -0.05) is 6.92 Å². The van der Waals surface area contributed by atoms with Crippen molar-refractivity contribution in [3.63, 3.8) is 0 Å². The number of fused-ring (bicyclic) bond motifs is 3. The largest absolute Gasteiger partial charge is 0.261 e. The molecule has 68 valence electrons. The second-order valence-corrected chi connectivity index (χ2v) is 4.33. The van der Waals surface area contributed by atoms with Gasteiger partial charge in [0.1, 0.15) is 0 Å². The van der Waals surface area contributed by atoms with E-state index in [1.165, 1.54) is 25.0 Å². The van der Waals surface area contributed by atoms with Crippen LogP contribution in [0.4, 0.5) is 0 Å². The van der Waals surface area contributed by atoms with Crippen LogP contribution in [0.1, 0.15) is 42.5 Å². The molecule has 3 rings (SSSR count). The van der Waals surface area contributed by atoms with Crippen LogP contribution in [-0.2, 0) is 12.8 Å². The third-order valence-corrected chi connectivity index (χ3v) is 3.80. The van der Waals surface area contributed by atoms with Gasteiger partial charge < -0.3 is 0 Å². The van der Waals surface area contributed by atoms with E-state index in [0.29, 0.717) is 0 Å². The minimum Gasteiger partial charge on any atom is -0.261 e. The van der Waals surface area contributed by atoms with Gasteiger partial charge in [-0.05, 0) is 54.7 Å². The molecule has 1 heteroatoms. The van der Waals surface area contributed by atoms with Crippen molar-refractivity contribution in [2.45, 2.75) is 38.5 Å². The van der Waals surface area contributed by atoms with Gasteiger partial charge in [-0.15, -0.1) is 0 Å². The Bertz CT molecular complexity index is 343. The van der Waals surface area contributed by atoms with Gasteiger partial charge in [0.2, 0.25) is 0 Å². The smallest absolute Gasteiger partial charge is 0.0435 e.